The van der Waals surface area contributed by atoms with Gasteiger partial charge in [-0.25, -0.2) is 0 Å². The highest BCUT2D eigenvalue weighted by molar-refractivity contribution is 8.24. The Hall–Kier alpha value is 0.120. The van der Waals surface area contributed by atoms with Gasteiger partial charge in [-0.2, -0.15) is 0 Å². The molecule has 0 aromatic heterocycles. The van der Waals surface area contributed by atoms with Gasteiger partial charge in [0.25, 0.3) is 0 Å². The molecule has 0 aliphatic carbocycles. The van der Waals surface area contributed by atoms with E-state index in [9.17, 15) is 0 Å². The van der Waals surface area contributed by atoms with E-state index in [4.69, 9.17) is 10.7 Å². The summed E-state index contributed by atoms with van der Waals surface area (Å²) < 4.78 is 0. The van der Waals surface area contributed by atoms with Gasteiger partial charge in [0, 0.05) is 4.91 Å². The molecule has 0 spiro atoms. The Bertz CT molecular complexity index is 137. The Morgan fingerprint density at radius 2 is 2.00 bits per heavy atom. The molecule has 0 rings (SSSR count). The highest BCUT2D eigenvalue weighted by Gasteiger charge is 1.88. The van der Waals surface area contributed by atoms with E-state index in [1.54, 1.807) is 0 Å². The van der Waals surface area contributed by atoms with Crippen molar-refractivity contribution < 1.29 is 0 Å². The Morgan fingerprint density at radius 3 is 2.30 bits per heavy atom. The summed E-state index contributed by atoms with van der Waals surface area (Å²) in [7, 11) is 6.87. The molecule has 0 aromatic carbocycles. The third-order valence-corrected chi connectivity index (χ3v) is 2.27. The van der Waals surface area contributed by atoms with E-state index >= 15 is 0 Å². The molecule has 0 amide bonds. The van der Waals surface area contributed by atoms with E-state index < -0.39 is 0 Å². The minimum absolute atomic E-state index is 1.01. The summed E-state index contributed by atoms with van der Waals surface area (Å²) in [4.78, 5) is 1.21. The zero-order valence-corrected chi connectivity index (χ0v) is 8.22. The van der Waals surface area contributed by atoms with Crippen LogP contribution in [0.1, 0.15) is 27.2 Å². The molecule has 0 heterocycles. The molecule has 0 unspecified atom stereocenters. The lowest BCUT2D eigenvalue weighted by atomic mass is 10.3. The molecule has 0 N–H and O–H groups in total. The number of halogens is 1. The summed E-state index contributed by atoms with van der Waals surface area (Å²) in [5.74, 6) is 0. The molecule has 0 nitrogen and oxygen atoms in total. The summed E-state index contributed by atoms with van der Waals surface area (Å²) >= 11 is 0. The molecule has 0 saturated carbocycles. The van der Waals surface area contributed by atoms with Gasteiger partial charge in [-0.15, -0.1) is 0 Å². The predicted molar refractivity (Wildman–Crippen MR) is 51.2 cm³/mol. The van der Waals surface area contributed by atoms with Crippen LogP contribution in [0, 0.1) is 0 Å². The minimum Gasteiger partial charge on any atom is -0.0764 e. The van der Waals surface area contributed by atoms with Crippen LogP contribution < -0.4 is 0 Å². The van der Waals surface area contributed by atoms with Crippen LogP contribution in [0.5, 0.6) is 0 Å². The number of hydrogen-bond donors (Lipinski definition) is 0. The maximum absolute atomic E-state index is 5.57. The van der Waals surface area contributed by atoms with E-state index in [1.807, 2.05) is 0 Å². The van der Waals surface area contributed by atoms with Crippen molar-refractivity contribution in [3.05, 3.63) is 22.6 Å². The van der Waals surface area contributed by atoms with Gasteiger partial charge in [-0.3, -0.25) is 0 Å². The fraction of sp³-hybridized carbons (Fsp3) is 0.500. The first-order valence-electron chi connectivity index (χ1n) is 3.33. The standard InChI is InChI=1S/C8H13ClS/c1-4-8(10-9)6-5-7(2)3/h5-6H,4H2,1-3H3/b8-6+. The van der Waals surface area contributed by atoms with Crippen LogP contribution in [0.4, 0.5) is 0 Å². The van der Waals surface area contributed by atoms with Crippen molar-refractivity contribution in [1.29, 1.82) is 0 Å². The van der Waals surface area contributed by atoms with Crippen LogP contribution in [0.15, 0.2) is 22.6 Å². The molecule has 0 aromatic rings. The van der Waals surface area contributed by atoms with Crippen LogP contribution >= 0.6 is 21.7 Å². The van der Waals surface area contributed by atoms with Crippen molar-refractivity contribution in [3.8, 4) is 0 Å². The van der Waals surface area contributed by atoms with Gasteiger partial charge < -0.3 is 0 Å². The summed E-state index contributed by atoms with van der Waals surface area (Å²) in [5.41, 5.74) is 1.30. The van der Waals surface area contributed by atoms with Gasteiger partial charge in [-0.1, -0.05) is 24.6 Å². The molecule has 0 aliphatic heterocycles. The Labute approximate surface area is 71.8 Å². The zero-order chi connectivity index (χ0) is 7.98. The van der Waals surface area contributed by atoms with Gasteiger partial charge in [0.05, 0.1) is 0 Å². The Morgan fingerprint density at radius 1 is 1.40 bits per heavy atom. The van der Waals surface area contributed by atoms with E-state index in [2.05, 4.69) is 32.9 Å². The molecular weight excluding hydrogens is 164 g/mol. The maximum Gasteiger partial charge on any atom is 0.000579 e. The lowest BCUT2D eigenvalue weighted by Gasteiger charge is -1.93. The van der Waals surface area contributed by atoms with Crippen molar-refractivity contribution in [3.63, 3.8) is 0 Å². The lowest BCUT2D eigenvalue weighted by Crippen LogP contribution is -1.68. The van der Waals surface area contributed by atoms with Crippen molar-refractivity contribution in [2.45, 2.75) is 27.2 Å². The number of hydrogen-bond acceptors (Lipinski definition) is 1. The van der Waals surface area contributed by atoms with Crippen LogP contribution in [0.3, 0.4) is 0 Å². The van der Waals surface area contributed by atoms with Gasteiger partial charge >= 0.3 is 0 Å². The second-order valence-corrected chi connectivity index (χ2v) is 3.45. The normalized spacial score (nSPS) is 11.4. The topological polar surface area (TPSA) is 0 Å². The van der Waals surface area contributed by atoms with Gasteiger partial charge in [0.15, 0.2) is 0 Å². The highest BCUT2D eigenvalue weighted by atomic mass is 35.7. The van der Waals surface area contributed by atoms with E-state index in [1.165, 1.54) is 21.5 Å². The first-order chi connectivity index (χ1) is 4.70. The van der Waals surface area contributed by atoms with Crippen LogP contribution in [0.25, 0.3) is 0 Å². The fourth-order valence-corrected chi connectivity index (χ4v) is 1.17. The molecule has 0 atom stereocenters. The van der Waals surface area contributed by atoms with E-state index in [0.717, 1.165) is 6.42 Å². The maximum atomic E-state index is 5.57. The molecule has 0 saturated heterocycles. The summed E-state index contributed by atoms with van der Waals surface area (Å²) in [6, 6.07) is 0. The number of rotatable bonds is 3. The molecular formula is C8H13ClS. The van der Waals surface area contributed by atoms with Gasteiger partial charge in [0.2, 0.25) is 0 Å². The van der Waals surface area contributed by atoms with Gasteiger partial charge in [-0.05, 0) is 41.9 Å². The fourth-order valence-electron chi connectivity index (χ4n) is 0.458. The zero-order valence-electron chi connectivity index (χ0n) is 6.65. The average Bonchev–Trinajstić information content (AvgIpc) is 1.90. The molecule has 2 heteroatoms. The second kappa shape index (κ2) is 5.87. The van der Waals surface area contributed by atoms with E-state index in [-0.39, 0.29) is 0 Å². The molecule has 0 bridgehead atoms. The van der Waals surface area contributed by atoms with Crippen molar-refractivity contribution in [2.75, 3.05) is 0 Å². The Kier molecular flexibility index (Phi) is 5.94. The predicted octanol–water partition coefficient (Wildman–Crippen LogP) is 4.13. The molecule has 0 aliphatic rings. The van der Waals surface area contributed by atoms with Crippen LogP contribution in [-0.4, -0.2) is 0 Å². The first kappa shape index (κ1) is 10.1. The molecule has 0 fully saturated rings. The van der Waals surface area contributed by atoms with E-state index in [0.29, 0.717) is 0 Å². The quantitative estimate of drug-likeness (QED) is 0.583. The number of allylic oxidation sites excluding steroid dienone is 4. The summed E-state index contributed by atoms with van der Waals surface area (Å²) in [6.45, 7) is 6.24. The third kappa shape index (κ3) is 4.95. The monoisotopic (exact) mass is 176 g/mol. The van der Waals surface area contributed by atoms with Crippen molar-refractivity contribution in [1.82, 2.24) is 0 Å². The molecule has 58 valence electrons. The van der Waals surface area contributed by atoms with Crippen LogP contribution in [0.2, 0.25) is 0 Å². The average molecular weight is 177 g/mol. The minimum atomic E-state index is 1.01. The molecule has 10 heavy (non-hydrogen) atoms. The summed E-state index contributed by atoms with van der Waals surface area (Å²) in [5, 5.41) is 0. The smallest absolute Gasteiger partial charge is 0.000579 e. The third-order valence-electron chi connectivity index (χ3n) is 1.05. The highest BCUT2D eigenvalue weighted by Crippen LogP contribution is 2.22. The first-order valence-corrected chi connectivity index (χ1v) is 4.97. The Balaban J connectivity index is 3.99. The second-order valence-electron chi connectivity index (χ2n) is 2.31. The lowest BCUT2D eigenvalue weighted by molar-refractivity contribution is 1.20. The van der Waals surface area contributed by atoms with Crippen molar-refractivity contribution in [2.24, 2.45) is 0 Å². The molecule has 0 radical (unpaired) electrons. The van der Waals surface area contributed by atoms with Crippen LogP contribution in [-0.2, 0) is 0 Å². The van der Waals surface area contributed by atoms with Gasteiger partial charge in [0.1, 0.15) is 0 Å². The SMILES string of the molecule is CC/C(=C\C=C(C)C)SCl. The largest absolute Gasteiger partial charge is 0.0764 e. The summed E-state index contributed by atoms with van der Waals surface area (Å²) in [6.07, 6.45) is 5.15. The van der Waals surface area contributed by atoms with Crippen molar-refractivity contribution >= 4 is 21.7 Å².